The van der Waals surface area contributed by atoms with Gasteiger partial charge in [-0.05, 0) is 59.3 Å². The van der Waals surface area contributed by atoms with Crippen LogP contribution < -0.4 is 10.1 Å². The number of fused-ring (bicyclic) bond motifs is 1. The number of aromatic hydroxyl groups is 1. The first-order chi connectivity index (χ1) is 16.4. The molecule has 7 heteroatoms. The van der Waals surface area contributed by atoms with Crippen molar-refractivity contribution in [2.75, 3.05) is 5.32 Å². The maximum Gasteiger partial charge on any atom is 0.266 e. The van der Waals surface area contributed by atoms with Crippen LogP contribution in [0.5, 0.6) is 11.5 Å². The topological polar surface area (TPSA) is 82.3 Å². The number of rotatable bonds is 6. The number of carbonyl (C=O) groups is 1. The molecule has 0 saturated heterocycles. The van der Waals surface area contributed by atoms with Crippen LogP contribution in [0.3, 0.4) is 0 Å². The number of amides is 1. The Morgan fingerprint density at radius 3 is 2.53 bits per heavy atom. The van der Waals surface area contributed by atoms with Crippen LogP contribution in [-0.2, 0) is 11.4 Å². The second-order valence-corrected chi connectivity index (χ2v) is 8.24. The number of phenols is 1. The highest BCUT2D eigenvalue weighted by atomic mass is 35.5. The minimum Gasteiger partial charge on any atom is -0.508 e. The Morgan fingerprint density at radius 2 is 1.79 bits per heavy atom. The quantitative estimate of drug-likeness (QED) is 0.174. The van der Waals surface area contributed by atoms with E-state index in [1.54, 1.807) is 36.4 Å². The average molecular weight is 489 g/mol. The van der Waals surface area contributed by atoms with Gasteiger partial charge in [0, 0.05) is 26.9 Å². The minimum absolute atomic E-state index is 0.0763. The molecular formula is C27H18Cl2N2O3. The van der Waals surface area contributed by atoms with Gasteiger partial charge in [-0.15, -0.1) is 0 Å². The molecule has 0 bridgehead atoms. The lowest BCUT2D eigenvalue weighted by atomic mass is 10.0. The Morgan fingerprint density at radius 1 is 1.03 bits per heavy atom. The SMILES string of the molecule is N#CC(=Cc1c(OCc2ccc(Cl)cc2Cl)ccc2ccccc12)C(=O)Nc1ccc(O)cc1. The Bertz CT molecular complexity index is 1440. The number of nitrogens with one attached hydrogen (secondary N) is 1. The highest BCUT2D eigenvalue weighted by Gasteiger charge is 2.14. The summed E-state index contributed by atoms with van der Waals surface area (Å²) in [5, 5.41) is 24.6. The van der Waals surface area contributed by atoms with Crippen LogP contribution in [0.25, 0.3) is 16.8 Å². The molecule has 168 valence electrons. The van der Waals surface area contributed by atoms with E-state index in [-0.39, 0.29) is 17.9 Å². The zero-order chi connectivity index (χ0) is 24.1. The summed E-state index contributed by atoms with van der Waals surface area (Å²) in [6, 6.07) is 24.5. The van der Waals surface area contributed by atoms with Crippen molar-refractivity contribution in [3.63, 3.8) is 0 Å². The third-order valence-electron chi connectivity index (χ3n) is 5.11. The van der Waals surface area contributed by atoms with Crippen molar-refractivity contribution in [1.29, 1.82) is 5.26 Å². The Balaban J connectivity index is 1.70. The Hall–Kier alpha value is -3.98. The number of halogens is 2. The monoisotopic (exact) mass is 488 g/mol. The Kier molecular flexibility index (Phi) is 7.03. The summed E-state index contributed by atoms with van der Waals surface area (Å²) in [5.41, 5.74) is 1.70. The number of phenolic OH excluding ortho intramolecular Hbond substituents is 1. The Labute approximate surface area is 206 Å². The van der Waals surface area contributed by atoms with Crippen LogP contribution in [0.2, 0.25) is 10.0 Å². The predicted molar refractivity (Wildman–Crippen MR) is 135 cm³/mol. The fourth-order valence-corrected chi connectivity index (χ4v) is 3.84. The van der Waals surface area contributed by atoms with Gasteiger partial charge in [0.2, 0.25) is 0 Å². The van der Waals surface area contributed by atoms with Crippen LogP contribution in [0.4, 0.5) is 5.69 Å². The summed E-state index contributed by atoms with van der Waals surface area (Å²) < 4.78 is 6.07. The maximum absolute atomic E-state index is 12.8. The van der Waals surface area contributed by atoms with Gasteiger partial charge in [-0.25, -0.2) is 0 Å². The number of nitriles is 1. The smallest absolute Gasteiger partial charge is 0.266 e. The van der Waals surface area contributed by atoms with E-state index < -0.39 is 5.91 Å². The third kappa shape index (κ3) is 5.32. The van der Waals surface area contributed by atoms with Crippen molar-refractivity contribution in [2.45, 2.75) is 6.61 Å². The number of ether oxygens (including phenoxy) is 1. The molecule has 0 fully saturated rings. The summed E-state index contributed by atoms with van der Waals surface area (Å²) in [6.07, 6.45) is 1.51. The molecule has 0 aromatic heterocycles. The summed E-state index contributed by atoms with van der Waals surface area (Å²) in [6.45, 7) is 0.177. The van der Waals surface area contributed by atoms with Gasteiger partial charge in [0.05, 0.1) is 0 Å². The molecule has 4 aromatic rings. The van der Waals surface area contributed by atoms with Crippen molar-refractivity contribution < 1.29 is 14.6 Å². The van der Waals surface area contributed by atoms with Gasteiger partial charge >= 0.3 is 0 Å². The fraction of sp³-hybridized carbons (Fsp3) is 0.0370. The molecule has 0 atom stereocenters. The van der Waals surface area contributed by atoms with Crippen LogP contribution in [-0.4, -0.2) is 11.0 Å². The molecule has 0 spiro atoms. The molecule has 5 nitrogen and oxygen atoms in total. The van der Waals surface area contributed by atoms with Crippen LogP contribution >= 0.6 is 23.2 Å². The zero-order valence-electron chi connectivity index (χ0n) is 17.8. The minimum atomic E-state index is -0.576. The van der Waals surface area contributed by atoms with E-state index in [9.17, 15) is 15.2 Å². The van der Waals surface area contributed by atoms with Crippen LogP contribution in [0.15, 0.2) is 84.4 Å². The van der Waals surface area contributed by atoms with E-state index >= 15 is 0 Å². The lowest BCUT2D eigenvalue weighted by Gasteiger charge is -2.14. The normalized spacial score (nSPS) is 11.1. The molecule has 2 N–H and O–H groups in total. The average Bonchev–Trinajstić information content (AvgIpc) is 2.83. The molecule has 0 aliphatic carbocycles. The standard InChI is InChI=1S/C27H18Cl2N2O3/c28-20-7-5-18(25(29)14-20)16-34-26-12-6-17-3-1-2-4-23(17)24(26)13-19(15-30)27(33)31-21-8-10-22(32)11-9-21/h1-14,32H,16H2,(H,31,33). The fourth-order valence-electron chi connectivity index (χ4n) is 3.38. The summed E-state index contributed by atoms with van der Waals surface area (Å²) in [7, 11) is 0. The first-order valence-electron chi connectivity index (χ1n) is 10.3. The van der Waals surface area contributed by atoms with Crippen molar-refractivity contribution in [3.05, 3.63) is 106 Å². The third-order valence-corrected chi connectivity index (χ3v) is 5.69. The number of nitrogens with zero attached hydrogens (tertiary/aromatic N) is 1. The van der Waals surface area contributed by atoms with Crippen LogP contribution in [0.1, 0.15) is 11.1 Å². The van der Waals surface area contributed by atoms with Crippen molar-refractivity contribution in [1.82, 2.24) is 0 Å². The van der Waals surface area contributed by atoms with Crippen LogP contribution in [0, 0.1) is 11.3 Å². The van der Waals surface area contributed by atoms with Gasteiger partial charge in [0.25, 0.3) is 5.91 Å². The molecule has 4 rings (SSSR count). The highest BCUT2D eigenvalue weighted by molar-refractivity contribution is 6.35. The van der Waals surface area contributed by atoms with E-state index in [4.69, 9.17) is 27.9 Å². The van der Waals surface area contributed by atoms with Gasteiger partial charge < -0.3 is 15.2 Å². The van der Waals surface area contributed by atoms with Gasteiger partial charge in [0.1, 0.15) is 29.7 Å². The van der Waals surface area contributed by atoms with E-state index in [0.29, 0.717) is 27.0 Å². The summed E-state index contributed by atoms with van der Waals surface area (Å²) >= 11 is 12.3. The number of hydrogen-bond acceptors (Lipinski definition) is 4. The van der Waals surface area contributed by atoms with Gasteiger partial charge in [-0.1, -0.05) is 59.6 Å². The van der Waals surface area contributed by atoms with Crippen molar-refractivity contribution in [2.24, 2.45) is 0 Å². The van der Waals surface area contributed by atoms with Gasteiger partial charge in [0.15, 0.2) is 0 Å². The van der Waals surface area contributed by atoms with E-state index in [1.807, 2.05) is 36.4 Å². The van der Waals surface area contributed by atoms with Crippen molar-refractivity contribution >= 4 is 51.6 Å². The molecule has 0 heterocycles. The summed E-state index contributed by atoms with van der Waals surface area (Å²) in [5.74, 6) is -0.00453. The first kappa shape index (κ1) is 23.2. The number of anilines is 1. The van der Waals surface area contributed by atoms with Gasteiger partial charge in [-0.3, -0.25) is 4.79 Å². The van der Waals surface area contributed by atoms with E-state index in [2.05, 4.69) is 5.32 Å². The maximum atomic E-state index is 12.8. The second-order valence-electron chi connectivity index (χ2n) is 7.39. The predicted octanol–water partition coefficient (Wildman–Crippen LogP) is 6.98. The molecule has 0 aliphatic rings. The molecular weight excluding hydrogens is 471 g/mol. The number of hydrogen-bond donors (Lipinski definition) is 2. The lowest BCUT2D eigenvalue weighted by molar-refractivity contribution is -0.112. The van der Waals surface area contributed by atoms with E-state index in [1.165, 1.54) is 18.2 Å². The summed E-state index contributed by atoms with van der Waals surface area (Å²) in [4.78, 5) is 12.8. The van der Waals surface area contributed by atoms with E-state index in [0.717, 1.165) is 16.3 Å². The van der Waals surface area contributed by atoms with Crippen molar-refractivity contribution in [3.8, 4) is 17.6 Å². The van der Waals surface area contributed by atoms with Gasteiger partial charge in [-0.2, -0.15) is 5.26 Å². The largest absolute Gasteiger partial charge is 0.508 e. The highest BCUT2D eigenvalue weighted by Crippen LogP contribution is 2.32. The number of carbonyl (C=O) groups excluding carboxylic acids is 1. The molecule has 34 heavy (non-hydrogen) atoms. The molecule has 0 radical (unpaired) electrons. The molecule has 0 unspecified atom stereocenters. The zero-order valence-corrected chi connectivity index (χ0v) is 19.3. The first-order valence-corrected chi connectivity index (χ1v) is 11.0. The second kappa shape index (κ2) is 10.3. The molecule has 0 aliphatic heterocycles. The molecule has 4 aromatic carbocycles. The molecule has 0 saturated carbocycles. The number of benzene rings is 4. The lowest BCUT2D eigenvalue weighted by Crippen LogP contribution is -2.13. The molecule has 1 amide bonds.